The van der Waals surface area contributed by atoms with Crippen molar-refractivity contribution in [2.45, 2.75) is 0 Å². The zero-order chi connectivity index (χ0) is 28.4. The Labute approximate surface area is 246 Å². The molecule has 0 amide bonds. The monoisotopic (exact) mass is 542 g/mol. The first-order valence-electron chi connectivity index (χ1n) is 13.9. The zero-order valence-electron chi connectivity index (χ0n) is 23.1. The van der Waals surface area contributed by atoms with Crippen LogP contribution in [0.15, 0.2) is 168 Å². The molecule has 202 valence electrons. The number of rotatable bonds is 9. The van der Waals surface area contributed by atoms with E-state index in [2.05, 4.69) is 65.2 Å². The number of hydrogen-bond acceptors (Lipinski definition) is 4. The summed E-state index contributed by atoms with van der Waals surface area (Å²) in [6.45, 7) is 0. The first-order valence-corrected chi connectivity index (χ1v) is 13.9. The standard InChI is InChI=1S/C38H30N4/c1-5-13-29(14-6-1)27-39-35-23-21-31(25-37(35)40-28-30-15-7-2-8-16-30)32-22-24-36(41-33-17-9-3-10-18-33)38(26-32)42-34-19-11-4-12-20-34/h1-28,41-42H. The van der Waals surface area contributed by atoms with Crippen LogP contribution in [-0.2, 0) is 0 Å². The van der Waals surface area contributed by atoms with Crippen molar-refractivity contribution in [1.82, 2.24) is 0 Å². The number of hydrogen-bond donors (Lipinski definition) is 2. The van der Waals surface area contributed by atoms with E-state index in [1.54, 1.807) is 0 Å². The van der Waals surface area contributed by atoms with Gasteiger partial charge in [0.25, 0.3) is 0 Å². The van der Waals surface area contributed by atoms with Crippen molar-refractivity contribution in [3.05, 3.63) is 169 Å². The van der Waals surface area contributed by atoms with Crippen molar-refractivity contribution >= 4 is 46.6 Å². The second-order valence-electron chi connectivity index (χ2n) is 9.78. The van der Waals surface area contributed by atoms with Crippen molar-refractivity contribution in [3.63, 3.8) is 0 Å². The van der Waals surface area contributed by atoms with E-state index in [0.29, 0.717) is 0 Å². The largest absolute Gasteiger partial charge is 0.354 e. The minimum Gasteiger partial charge on any atom is -0.354 e. The molecule has 42 heavy (non-hydrogen) atoms. The number of nitrogens with zero attached hydrogens (tertiary/aromatic N) is 2. The van der Waals surface area contributed by atoms with Gasteiger partial charge in [0.1, 0.15) is 0 Å². The van der Waals surface area contributed by atoms with Crippen LogP contribution >= 0.6 is 0 Å². The molecular weight excluding hydrogens is 512 g/mol. The van der Waals surface area contributed by atoms with Crippen LogP contribution in [0.3, 0.4) is 0 Å². The number of para-hydroxylation sites is 2. The molecule has 4 heteroatoms. The lowest BCUT2D eigenvalue weighted by Gasteiger charge is -2.16. The maximum Gasteiger partial charge on any atom is 0.0892 e. The highest BCUT2D eigenvalue weighted by molar-refractivity contribution is 5.89. The summed E-state index contributed by atoms with van der Waals surface area (Å²) in [6.07, 6.45) is 3.76. The summed E-state index contributed by atoms with van der Waals surface area (Å²) in [5.41, 5.74) is 9.81. The fraction of sp³-hybridized carbons (Fsp3) is 0. The quantitative estimate of drug-likeness (QED) is 0.179. The third-order valence-corrected chi connectivity index (χ3v) is 6.74. The summed E-state index contributed by atoms with van der Waals surface area (Å²) < 4.78 is 0. The molecule has 0 saturated carbocycles. The third-order valence-electron chi connectivity index (χ3n) is 6.74. The van der Waals surface area contributed by atoms with E-state index < -0.39 is 0 Å². The van der Waals surface area contributed by atoms with E-state index in [0.717, 1.165) is 56.4 Å². The molecule has 6 aromatic carbocycles. The van der Waals surface area contributed by atoms with Crippen LogP contribution in [0, 0.1) is 0 Å². The summed E-state index contributed by atoms with van der Waals surface area (Å²) in [7, 11) is 0. The van der Waals surface area contributed by atoms with Crippen molar-refractivity contribution in [2.75, 3.05) is 10.6 Å². The molecule has 0 spiro atoms. The summed E-state index contributed by atoms with van der Waals surface area (Å²) >= 11 is 0. The molecule has 0 bridgehead atoms. The Morgan fingerprint density at radius 3 is 1.40 bits per heavy atom. The fourth-order valence-electron chi connectivity index (χ4n) is 4.57. The van der Waals surface area contributed by atoms with Crippen LogP contribution in [0.1, 0.15) is 11.1 Å². The van der Waals surface area contributed by atoms with Crippen molar-refractivity contribution in [3.8, 4) is 11.1 Å². The molecule has 2 N–H and O–H groups in total. The first-order chi connectivity index (χ1) is 20.8. The summed E-state index contributed by atoms with van der Waals surface area (Å²) in [4.78, 5) is 9.67. The molecule has 0 aliphatic heterocycles. The highest BCUT2D eigenvalue weighted by atomic mass is 15.0. The van der Waals surface area contributed by atoms with Gasteiger partial charge in [-0.2, -0.15) is 0 Å². The maximum absolute atomic E-state index is 4.87. The molecule has 0 saturated heterocycles. The smallest absolute Gasteiger partial charge is 0.0892 e. The average Bonchev–Trinajstić information content (AvgIpc) is 3.06. The summed E-state index contributed by atoms with van der Waals surface area (Å²) in [6, 6.07) is 53.3. The van der Waals surface area contributed by atoms with Crippen LogP contribution in [0.5, 0.6) is 0 Å². The number of aliphatic imine (C=N–C) groups is 2. The minimum atomic E-state index is 0.799. The lowest BCUT2D eigenvalue weighted by Crippen LogP contribution is -1.98. The highest BCUT2D eigenvalue weighted by Gasteiger charge is 2.10. The molecule has 0 aliphatic rings. The zero-order valence-corrected chi connectivity index (χ0v) is 23.1. The Morgan fingerprint density at radius 1 is 0.381 bits per heavy atom. The van der Waals surface area contributed by atoms with Gasteiger partial charge >= 0.3 is 0 Å². The second-order valence-corrected chi connectivity index (χ2v) is 9.78. The highest BCUT2D eigenvalue weighted by Crippen LogP contribution is 2.37. The van der Waals surface area contributed by atoms with Gasteiger partial charge in [-0.3, -0.25) is 9.98 Å². The third kappa shape index (κ3) is 6.87. The van der Waals surface area contributed by atoms with Crippen LogP contribution in [0.2, 0.25) is 0 Å². The Morgan fingerprint density at radius 2 is 0.833 bits per heavy atom. The SMILES string of the molecule is C(=Nc1ccc(-c2ccc(Nc3ccccc3)c(Nc3ccccc3)c2)cc1N=Cc1ccccc1)c1ccccc1. The molecule has 0 radical (unpaired) electrons. The van der Waals surface area contributed by atoms with E-state index in [-0.39, 0.29) is 0 Å². The van der Waals surface area contributed by atoms with Gasteiger partial charge in [-0.05, 0) is 70.8 Å². The van der Waals surface area contributed by atoms with E-state index in [4.69, 9.17) is 9.98 Å². The van der Waals surface area contributed by atoms with Gasteiger partial charge in [0.15, 0.2) is 0 Å². The second kappa shape index (κ2) is 13.1. The molecule has 4 nitrogen and oxygen atoms in total. The van der Waals surface area contributed by atoms with Crippen molar-refractivity contribution < 1.29 is 0 Å². The van der Waals surface area contributed by atoms with Gasteiger partial charge in [0.2, 0.25) is 0 Å². The Bertz CT molecular complexity index is 1800. The molecule has 0 aromatic heterocycles. The van der Waals surface area contributed by atoms with Gasteiger partial charge in [0, 0.05) is 23.8 Å². The molecule has 0 heterocycles. The predicted octanol–water partition coefficient (Wildman–Crippen LogP) is 10.3. The van der Waals surface area contributed by atoms with Gasteiger partial charge in [-0.25, -0.2) is 0 Å². The van der Waals surface area contributed by atoms with E-state index in [9.17, 15) is 0 Å². The molecule has 0 fully saturated rings. The van der Waals surface area contributed by atoms with Crippen LogP contribution < -0.4 is 10.6 Å². The molecule has 6 rings (SSSR count). The van der Waals surface area contributed by atoms with Crippen molar-refractivity contribution in [1.29, 1.82) is 0 Å². The summed E-state index contributed by atoms with van der Waals surface area (Å²) in [5.74, 6) is 0. The Hall–Kier alpha value is -5.74. The van der Waals surface area contributed by atoms with Crippen LogP contribution in [-0.4, -0.2) is 12.4 Å². The lowest BCUT2D eigenvalue weighted by atomic mass is 10.0. The molecule has 0 atom stereocenters. The van der Waals surface area contributed by atoms with E-state index in [1.165, 1.54) is 0 Å². The minimum absolute atomic E-state index is 0.799. The van der Waals surface area contributed by atoms with Gasteiger partial charge in [-0.1, -0.05) is 109 Å². The number of anilines is 4. The fourth-order valence-corrected chi connectivity index (χ4v) is 4.57. The predicted molar refractivity (Wildman–Crippen MR) is 179 cm³/mol. The average molecular weight is 543 g/mol. The first kappa shape index (κ1) is 26.5. The van der Waals surface area contributed by atoms with E-state index >= 15 is 0 Å². The summed E-state index contributed by atoms with van der Waals surface area (Å²) in [5, 5.41) is 7.16. The molecule has 6 aromatic rings. The molecule has 0 aliphatic carbocycles. The maximum atomic E-state index is 4.87. The number of benzene rings is 6. The topological polar surface area (TPSA) is 48.8 Å². The Balaban J connectivity index is 1.38. The lowest BCUT2D eigenvalue weighted by molar-refractivity contribution is 1.45. The normalized spacial score (nSPS) is 11.1. The van der Waals surface area contributed by atoms with E-state index in [1.807, 2.05) is 116 Å². The van der Waals surface area contributed by atoms with Gasteiger partial charge in [-0.15, -0.1) is 0 Å². The van der Waals surface area contributed by atoms with Crippen LogP contribution in [0.25, 0.3) is 11.1 Å². The van der Waals surface area contributed by atoms with Crippen LogP contribution in [0.4, 0.5) is 34.1 Å². The Kier molecular flexibility index (Phi) is 8.24. The van der Waals surface area contributed by atoms with Gasteiger partial charge < -0.3 is 10.6 Å². The molecule has 0 unspecified atom stereocenters. The van der Waals surface area contributed by atoms with Gasteiger partial charge in [0.05, 0.1) is 22.7 Å². The molecular formula is C38H30N4. The number of nitrogens with one attached hydrogen (secondary N) is 2. The van der Waals surface area contributed by atoms with Crippen molar-refractivity contribution in [2.24, 2.45) is 9.98 Å².